The molecule has 27 heavy (non-hydrogen) atoms. The predicted octanol–water partition coefficient (Wildman–Crippen LogP) is 5.53. The molecule has 0 bridgehead atoms. The molecule has 144 valence electrons. The molecule has 0 heterocycles. The molecule has 0 spiro atoms. The zero-order chi connectivity index (χ0) is 19.8. The third kappa shape index (κ3) is 4.35. The van der Waals surface area contributed by atoms with Gasteiger partial charge in [0.25, 0.3) is 0 Å². The van der Waals surface area contributed by atoms with Crippen LogP contribution in [0.2, 0.25) is 0 Å². The van der Waals surface area contributed by atoms with Crippen LogP contribution in [0, 0.1) is 5.41 Å². The van der Waals surface area contributed by atoms with Crippen LogP contribution in [0.4, 0.5) is 18.0 Å². The lowest BCUT2D eigenvalue weighted by atomic mass is 9.70. The van der Waals surface area contributed by atoms with Crippen LogP contribution in [-0.2, 0) is 6.42 Å². The Morgan fingerprint density at radius 1 is 1.15 bits per heavy atom. The molecule has 0 aliphatic heterocycles. The van der Waals surface area contributed by atoms with Crippen LogP contribution in [0.15, 0.2) is 42.5 Å². The van der Waals surface area contributed by atoms with Gasteiger partial charge in [0.15, 0.2) is 0 Å². The van der Waals surface area contributed by atoms with E-state index in [1.807, 2.05) is 32.0 Å². The molecule has 7 heteroatoms. The maximum absolute atomic E-state index is 12.3. The average Bonchev–Trinajstić information content (AvgIpc) is 2.56. The van der Waals surface area contributed by atoms with Crippen molar-refractivity contribution in [1.82, 2.24) is 5.32 Å². The van der Waals surface area contributed by atoms with Crippen LogP contribution < -0.4 is 10.1 Å². The van der Waals surface area contributed by atoms with Gasteiger partial charge >= 0.3 is 12.5 Å². The van der Waals surface area contributed by atoms with E-state index >= 15 is 0 Å². The first-order valence-electron chi connectivity index (χ1n) is 8.54. The van der Waals surface area contributed by atoms with Gasteiger partial charge in [-0.25, -0.2) is 4.79 Å². The van der Waals surface area contributed by atoms with Crippen molar-refractivity contribution in [3.8, 4) is 16.9 Å². The van der Waals surface area contributed by atoms with Crippen molar-refractivity contribution in [2.75, 3.05) is 0 Å². The third-order valence-electron chi connectivity index (χ3n) is 4.96. The first kappa shape index (κ1) is 19.1. The standard InChI is InChI=1S/C20H20F3NO3/c1-19(2)10-9-14-11-13(5-8-16(14)17(19)24-18(25)26)12-3-6-15(7-4-12)27-20(21,22)23/h3-8,11,17,24H,9-10H2,1-2H3,(H,25,26)/t17-/m1/s1. The number of carbonyl (C=O) groups is 1. The molecule has 0 unspecified atom stereocenters. The summed E-state index contributed by atoms with van der Waals surface area (Å²) in [5.41, 5.74) is 3.40. The molecule has 2 aromatic carbocycles. The molecule has 0 saturated carbocycles. The maximum atomic E-state index is 12.3. The summed E-state index contributed by atoms with van der Waals surface area (Å²) in [4.78, 5) is 11.2. The Kier molecular flexibility index (Phi) is 4.80. The van der Waals surface area contributed by atoms with E-state index in [0.717, 1.165) is 35.1 Å². The Hall–Kier alpha value is -2.70. The van der Waals surface area contributed by atoms with Gasteiger partial charge in [-0.15, -0.1) is 13.2 Å². The van der Waals surface area contributed by atoms with E-state index in [-0.39, 0.29) is 17.2 Å². The lowest BCUT2D eigenvalue weighted by molar-refractivity contribution is -0.274. The van der Waals surface area contributed by atoms with Crippen LogP contribution in [0.25, 0.3) is 11.1 Å². The molecule has 2 N–H and O–H groups in total. The molecule has 0 saturated heterocycles. The summed E-state index contributed by atoms with van der Waals surface area (Å²) < 4.78 is 40.7. The molecular formula is C20H20F3NO3. The molecule has 1 aliphatic carbocycles. The highest BCUT2D eigenvalue weighted by Gasteiger charge is 2.37. The summed E-state index contributed by atoms with van der Waals surface area (Å²) in [5, 5.41) is 11.8. The fraction of sp³-hybridized carbons (Fsp3) is 0.350. The Morgan fingerprint density at radius 2 is 1.78 bits per heavy atom. The van der Waals surface area contributed by atoms with Crippen molar-refractivity contribution in [3.63, 3.8) is 0 Å². The topological polar surface area (TPSA) is 58.6 Å². The number of nitrogens with one attached hydrogen (secondary N) is 1. The molecule has 1 amide bonds. The number of rotatable bonds is 3. The van der Waals surface area contributed by atoms with Crippen molar-refractivity contribution in [1.29, 1.82) is 0 Å². The predicted molar refractivity (Wildman–Crippen MR) is 94.6 cm³/mol. The number of hydrogen-bond acceptors (Lipinski definition) is 2. The third-order valence-corrected chi connectivity index (χ3v) is 4.96. The molecule has 3 rings (SSSR count). The quantitative estimate of drug-likeness (QED) is 0.737. The van der Waals surface area contributed by atoms with E-state index in [9.17, 15) is 18.0 Å². The minimum atomic E-state index is -4.72. The summed E-state index contributed by atoms with van der Waals surface area (Å²) in [6.45, 7) is 4.06. The van der Waals surface area contributed by atoms with Crippen molar-refractivity contribution in [2.45, 2.75) is 39.1 Å². The summed E-state index contributed by atoms with van der Waals surface area (Å²) in [6, 6.07) is 11.1. The smallest absolute Gasteiger partial charge is 0.465 e. The molecule has 1 aliphatic rings. The molecule has 1 atom stereocenters. The monoisotopic (exact) mass is 379 g/mol. The molecule has 4 nitrogen and oxygen atoms in total. The van der Waals surface area contributed by atoms with Gasteiger partial charge in [0.2, 0.25) is 0 Å². The van der Waals surface area contributed by atoms with E-state index in [0.29, 0.717) is 0 Å². The van der Waals surface area contributed by atoms with Crippen molar-refractivity contribution >= 4 is 6.09 Å². The first-order valence-corrected chi connectivity index (χ1v) is 8.54. The number of ether oxygens (including phenoxy) is 1. The number of aryl methyl sites for hydroxylation is 1. The molecule has 2 aromatic rings. The minimum Gasteiger partial charge on any atom is -0.465 e. The summed E-state index contributed by atoms with van der Waals surface area (Å²) in [7, 11) is 0. The normalized spacial score (nSPS) is 18.5. The maximum Gasteiger partial charge on any atom is 0.573 e. The van der Waals surface area contributed by atoms with Crippen LogP contribution >= 0.6 is 0 Å². The van der Waals surface area contributed by atoms with Gasteiger partial charge in [-0.05, 0) is 52.6 Å². The summed E-state index contributed by atoms with van der Waals surface area (Å²) in [5.74, 6) is -0.267. The summed E-state index contributed by atoms with van der Waals surface area (Å²) >= 11 is 0. The van der Waals surface area contributed by atoms with E-state index < -0.39 is 12.5 Å². The highest BCUT2D eigenvalue weighted by Crippen LogP contribution is 2.44. The Bertz CT molecular complexity index is 845. The van der Waals surface area contributed by atoms with E-state index in [2.05, 4.69) is 10.1 Å². The van der Waals surface area contributed by atoms with Crippen molar-refractivity contribution in [2.24, 2.45) is 5.41 Å². The number of alkyl halides is 3. The Labute approximate surface area is 155 Å². The van der Waals surface area contributed by atoms with E-state index in [1.54, 1.807) is 12.1 Å². The van der Waals surface area contributed by atoms with E-state index in [4.69, 9.17) is 5.11 Å². The lowest BCUT2D eigenvalue weighted by Gasteiger charge is -2.40. The minimum absolute atomic E-state index is 0.205. The number of benzene rings is 2. The summed E-state index contributed by atoms with van der Waals surface area (Å²) in [6.07, 6.45) is -4.15. The fourth-order valence-corrected chi connectivity index (χ4v) is 3.55. The second-order valence-corrected chi connectivity index (χ2v) is 7.36. The van der Waals surface area contributed by atoms with Gasteiger partial charge in [0.05, 0.1) is 6.04 Å². The number of fused-ring (bicyclic) bond motifs is 1. The Balaban J connectivity index is 1.89. The SMILES string of the molecule is CC1(C)CCc2cc(-c3ccc(OC(F)(F)F)cc3)ccc2[C@H]1NC(=O)O. The largest absolute Gasteiger partial charge is 0.573 e. The van der Waals surface area contributed by atoms with Crippen LogP contribution in [0.5, 0.6) is 5.75 Å². The first-order chi connectivity index (χ1) is 12.5. The second kappa shape index (κ2) is 6.79. The molecular weight excluding hydrogens is 359 g/mol. The Morgan fingerprint density at radius 3 is 2.37 bits per heavy atom. The van der Waals surface area contributed by atoms with Crippen molar-refractivity contribution in [3.05, 3.63) is 53.6 Å². The van der Waals surface area contributed by atoms with Gasteiger partial charge in [-0.3, -0.25) is 0 Å². The van der Waals surface area contributed by atoms with Gasteiger partial charge in [0.1, 0.15) is 5.75 Å². The van der Waals surface area contributed by atoms with Crippen LogP contribution in [0.1, 0.15) is 37.4 Å². The fourth-order valence-electron chi connectivity index (χ4n) is 3.55. The highest BCUT2D eigenvalue weighted by molar-refractivity contribution is 5.68. The van der Waals surface area contributed by atoms with Crippen LogP contribution in [0.3, 0.4) is 0 Å². The molecule has 0 aromatic heterocycles. The van der Waals surface area contributed by atoms with Crippen molar-refractivity contribution < 1.29 is 27.8 Å². The number of halogens is 3. The van der Waals surface area contributed by atoms with Gasteiger partial charge < -0.3 is 15.2 Å². The zero-order valence-electron chi connectivity index (χ0n) is 14.9. The lowest BCUT2D eigenvalue weighted by Crippen LogP contribution is -2.40. The van der Waals surface area contributed by atoms with Gasteiger partial charge in [-0.2, -0.15) is 0 Å². The second-order valence-electron chi connectivity index (χ2n) is 7.36. The van der Waals surface area contributed by atoms with Gasteiger partial charge in [0, 0.05) is 0 Å². The highest BCUT2D eigenvalue weighted by atomic mass is 19.4. The average molecular weight is 379 g/mol. The van der Waals surface area contributed by atoms with Gasteiger partial charge in [-0.1, -0.05) is 44.2 Å². The number of carboxylic acid groups (broad SMARTS) is 1. The molecule has 0 radical (unpaired) electrons. The zero-order valence-corrected chi connectivity index (χ0v) is 14.9. The van der Waals surface area contributed by atoms with E-state index in [1.165, 1.54) is 12.1 Å². The molecule has 0 fully saturated rings. The van der Waals surface area contributed by atoms with Crippen LogP contribution in [-0.4, -0.2) is 17.6 Å². The number of hydrogen-bond donors (Lipinski definition) is 2. The number of amides is 1.